The molecule has 0 N–H and O–H groups in total. The molecular weight excluding hydrogens is 731 g/mol. The fraction of sp³-hybridized carbons (Fsp3) is 0.0179. The van der Waals surface area contributed by atoms with Crippen molar-refractivity contribution >= 4 is 32.7 Å². The van der Waals surface area contributed by atoms with Crippen LogP contribution in [0.3, 0.4) is 0 Å². The third-order valence-electron chi connectivity index (χ3n) is 12.0. The molecule has 0 spiro atoms. The van der Waals surface area contributed by atoms with E-state index in [0.29, 0.717) is 17.5 Å². The molecule has 60 heavy (non-hydrogen) atoms. The van der Waals surface area contributed by atoms with Crippen LogP contribution in [0.5, 0.6) is 0 Å². The van der Waals surface area contributed by atoms with E-state index in [-0.39, 0.29) is 0 Å². The molecule has 2 heterocycles. The van der Waals surface area contributed by atoms with Gasteiger partial charge in [0.15, 0.2) is 17.5 Å². The van der Waals surface area contributed by atoms with E-state index in [1.54, 1.807) is 0 Å². The van der Waals surface area contributed by atoms with Gasteiger partial charge in [-0.1, -0.05) is 182 Å². The molecule has 280 valence electrons. The van der Waals surface area contributed by atoms with Crippen LogP contribution >= 0.6 is 0 Å². The minimum atomic E-state index is 0.638. The van der Waals surface area contributed by atoms with Crippen molar-refractivity contribution < 1.29 is 4.42 Å². The quantitative estimate of drug-likeness (QED) is 0.169. The minimum Gasteiger partial charge on any atom is -0.455 e. The Morgan fingerprint density at radius 1 is 0.333 bits per heavy atom. The zero-order valence-electron chi connectivity index (χ0n) is 32.5. The van der Waals surface area contributed by atoms with Gasteiger partial charge in [0.1, 0.15) is 11.2 Å². The van der Waals surface area contributed by atoms with E-state index in [9.17, 15) is 0 Å². The average molecular weight is 766 g/mol. The number of furan rings is 1. The lowest BCUT2D eigenvalue weighted by Crippen LogP contribution is -2.00. The molecule has 4 heteroatoms. The van der Waals surface area contributed by atoms with Gasteiger partial charge < -0.3 is 4.42 Å². The molecule has 11 aromatic rings. The predicted molar refractivity (Wildman–Crippen MR) is 245 cm³/mol. The molecule has 0 saturated heterocycles. The van der Waals surface area contributed by atoms with Gasteiger partial charge in [0.05, 0.1) is 0 Å². The highest BCUT2D eigenvalue weighted by atomic mass is 16.3. The Bertz CT molecular complexity index is 3380. The molecule has 2 aromatic heterocycles. The van der Waals surface area contributed by atoms with Gasteiger partial charge in [-0.05, 0) is 85.6 Å². The lowest BCUT2D eigenvalue weighted by atomic mass is 9.90. The molecule has 0 unspecified atom stereocenters. The Labute approximate surface area is 347 Å². The van der Waals surface area contributed by atoms with E-state index in [1.807, 2.05) is 60.7 Å². The molecule has 0 fully saturated rings. The Kier molecular flexibility index (Phi) is 7.88. The topological polar surface area (TPSA) is 51.8 Å². The highest BCUT2D eigenvalue weighted by Crippen LogP contribution is 2.47. The summed E-state index contributed by atoms with van der Waals surface area (Å²) in [7, 11) is 0. The third kappa shape index (κ3) is 5.65. The van der Waals surface area contributed by atoms with Crippen molar-refractivity contribution in [2.75, 3.05) is 0 Å². The summed E-state index contributed by atoms with van der Waals surface area (Å²) < 4.78 is 6.79. The molecule has 0 saturated carbocycles. The maximum atomic E-state index is 6.79. The Morgan fingerprint density at radius 3 is 1.58 bits per heavy atom. The van der Waals surface area contributed by atoms with Gasteiger partial charge in [0.25, 0.3) is 0 Å². The molecule has 9 aromatic carbocycles. The Morgan fingerprint density at radius 2 is 0.850 bits per heavy atom. The summed E-state index contributed by atoms with van der Waals surface area (Å²) in [5, 5.41) is 4.54. The first-order valence-electron chi connectivity index (χ1n) is 20.4. The second-order valence-electron chi connectivity index (χ2n) is 15.5. The van der Waals surface area contributed by atoms with E-state index in [4.69, 9.17) is 19.4 Å². The largest absolute Gasteiger partial charge is 0.455 e. The third-order valence-corrected chi connectivity index (χ3v) is 12.0. The van der Waals surface area contributed by atoms with Gasteiger partial charge in [-0.15, -0.1) is 0 Å². The van der Waals surface area contributed by atoms with Crippen molar-refractivity contribution in [2.24, 2.45) is 0 Å². The van der Waals surface area contributed by atoms with Gasteiger partial charge >= 0.3 is 0 Å². The number of hydrogen-bond acceptors (Lipinski definition) is 4. The molecule has 1 aliphatic carbocycles. The zero-order chi connectivity index (χ0) is 39.6. The smallest absolute Gasteiger partial charge is 0.164 e. The average Bonchev–Trinajstić information content (AvgIpc) is 3.91. The highest BCUT2D eigenvalue weighted by molar-refractivity contribution is 6.22. The van der Waals surface area contributed by atoms with Crippen LogP contribution in [0.25, 0.3) is 111 Å². The van der Waals surface area contributed by atoms with Crippen LogP contribution in [-0.2, 0) is 6.42 Å². The number of benzene rings is 9. The number of hydrogen-bond donors (Lipinski definition) is 0. The van der Waals surface area contributed by atoms with Crippen LogP contribution in [0.15, 0.2) is 205 Å². The van der Waals surface area contributed by atoms with Gasteiger partial charge in [-0.2, -0.15) is 0 Å². The van der Waals surface area contributed by atoms with Crippen LogP contribution < -0.4 is 0 Å². The molecule has 1 aliphatic rings. The van der Waals surface area contributed by atoms with Crippen molar-refractivity contribution in [1.29, 1.82) is 0 Å². The second kappa shape index (κ2) is 13.9. The van der Waals surface area contributed by atoms with Crippen LogP contribution in [0, 0.1) is 0 Å². The van der Waals surface area contributed by atoms with E-state index in [0.717, 1.165) is 72.5 Å². The molecular formula is C56H35N3O. The van der Waals surface area contributed by atoms with Gasteiger partial charge in [-0.25, -0.2) is 15.0 Å². The summed E-state index contributed by atoms with van der Waals surface area (Å²) in [5.74, 6) is 1.94. The van der Waals surface area contributed by atoms with E-state index in [2.05, 4.69) is 140 Å². The summed E-state index contributed by atoms with van der Waals surface area (Å²) in [4.78, 5) is 14.8. The first-order chi connectivity index (χ1) is 29.7. The standard InChI is InChI=1S/C56H35N3O/c1-3-14-36(15-4-1)54-57-55(37-16-5-2-6-17-37)59-56(58-54)38-30-28-35(29-31-38)39-19-11-20-40(32-39)48-34-50-52-46(26-13-27-51(52)60-53(50)47-23-10-9-22-45(47)48)44-25-12-24-43-42-21-8-7-18-41(42)33-49(43)44/h1-32,34H,33H2. The molecule has 0 bridgehead atoms. The normalized spacial score (nSPS) is 11.9. The van der Waals surface area contributed by atoms with Crippen LogP contribution in [0.4, 0.5) is 0 Å². The summed E-state index contributed by atoms with van der Waals surface area (Å²) in [6, 6.07) is 70.6. The molecule has 0 atom stereocenters. The summed E-state index contributed by atoms with van der Waals surface area (Å²) in [6.07, 6.45) is 0.925. The molecule has 0 amide bonds. The lowest BCUT2D eigenvalue weighted by molar-refractivity contribution is 0.673. The van der Waals surface area contributed by atoms with Crippen molar-refractivity contribution in [3.05, 3.63) is 211 Å². The molecule has 0 radical (unpaired) electrons. The Balaban J connectivity index is 0.960. The predicted octanol–water partition coefficient (Wildman–Crippen LogP) is 14.5. The van der Waals surface area contributed by atoms with Crippen molar-refractivity contribution in [3.63, 3.8) is 0 Å². The number of nitrogens with zero attached hydrogens (tertiary/aromatic N) is 3. The first-order valence-corrected chi connectivity index (χ1v) is 20.4. The molecule has 0 aliphatic heterocycles. The fourth-order valence-corrected chi connectivity index (χ4v) is 9.14. The highest BCUT2D eigenvalue weighted by Gasteiger charge is 2.24. The monoisotopic (exact) mass is 765 g/mol. The molecule has 12 rings (SSSR count). The van der Waals surface area contributed by atoms with Gasteiger partial charge in [-0.3, -0.25) is 0 Å². The lowest BCUT2D eigenvalue weighted by Gasteiger charge is -2.12. The Hall–Kier alpha value is -7.95. The fourth-order valence-electron chi connectivity index (χ4n) is 9.14. The van der Waals surface area contributed by atoms with E-state index in [1.165, 1.54) is 38.9 Å². The minimum absolute atomic E-state index is 0.638. The van der Waals surface area contributed by atoms with Crippen LogP contribution in [0.1, 0.15) is 11.1 Å². The number of rotatable bonds is 6. The van der Waals surface area contributed by atoms with Gasteiger partial charge in [0, 0.05) is 32.8 Å². The number of aromatic nitrogens is 3. The SMILES string of the molecule is c1ccc(-c2nc(-c3ccccc3)nc(-c3ccc(-c4cccc(-c5cc6c(oc7cccc(-c8cccc9c8Cc8ccccc8-9)c76)c6ccccc56)c4)cc3)n2)cc1. The van der Waals surface area contributed by atoms with Crippen molar-refractivity contribution in [1.82, 2.24) is 15.0 Å². The summed E-state index contributed by atoms with van der Waals surface area (Å²) in [6.45, 7) is 0. The maximum absolute atomic E-state index is 6.79. The molecule has 4 nitrogen and oxygen atoms in total. The summed E-state index contributed by atoms with van der Waals surface area (Å²) >= 11 is 0. The second-order valence-corrected chi connectivity index (χ2v) is 15.5. The van der Waals surface area contributed by atoms with Crippen LogP contribution in [-0.4, -0.2) is 15.0 Å². The van der Waals surface area contributed by atoms with Crippen molar-refractivity contribution in [2.45, 2.75) is 6.42 Å². The van der Waals surface area contributed by atoms with Gasteiger partial charge in [0.2, 0.25) is 0 Å². The summed E-state index contributed by atoms with van der Waals surface area (Å²) in [5.41, 5.74) is 17.1. The zero-order valence-corrected chi connectivity index (χ0v) is 32.5. The van der Waals surface area contributed by atoms with Crippen LogP contribution in [0.2, 0.25) is 0 Å². The van der Waals surface area contributed by atoms with Crippen molar-refractivity contribution in [3.8, 4) is 78.7 Å². The van der Waals surface area contributed by atoms with E-state index >= 15 is 0 Å². The van der Waals surface area contributed by atoms with E-state index < -0.39 is 0 Å². The first kappa shape index (κ1) is 34.1. The number of fused-ring (bicyclic) bond motifs is 8. The maximum Gasteiger partial charge on any atom is 0.164 e.